The highest BCUT2D eigenvalue weighted by Crippen LogP contribution is 2.32. The van der Waals surface area contributed by atoms with Gasteiger partial charge in [0, 0.05) is 32.6 Å². The fourth-order valence-electron chi connectivity index (χ4n) is 3.80. The van der Waals surface area contributed by atoms with E-state index in [1.54, 1.807) is 6.92 Å². The van der Waals surface area contributed by atoms with Crippen molar-refractivity contribution in [3.63, 3.8) is 0 Å². The second-order valence-electron chi connectivity index (χ2n) is 8.25. The normalized spacial score (nSPS) is 29.3. The molecule has 5 heteroatoms. The van der Waals surface area contributed by atoms with Crippen molar-refractivity contribution >= 4 is 12.0 Å². The van der Waals surface area contributed by atoms with E-state index in [2.05, 4.69) is 6.92 Å². The lowest BCUT2D eigenvalue weighted by atomic mass is 9.82. The molecule has 2 aliphatic heterocycles. The van der Waals surface area contributed by atoms with Gasteiger partial charge < -0.3 is 14.5 Å². The molecule has 3 atom stereocenters. The Kier molecular flexibility index (Phi) is 5.58. The van der Waals surface area contributed by atoms with Crippen LogP contribution in [0.3, 0.4) is 0 Å². The second kappa shape index (κ2) is 7.10. The van der Waals surface area contributed by atoms with Crippen molar-refractivity contribution in [2.24, 2.45) is 11.8 Å². The number of ether oxygens (including phenoxy) is 1. The maximum Gasteiger partial charge on any atom is 0.410 e. The summed E-state index contributed by atoms with van der Waals surface area (Å²) in [5.41, 5.74) is -0.472. The van der Waals surface area contributed by atoms with Gasteiger partial charge in [0.25, 0.3) is 0 Å². The summed E-state index contributed by atoms with van der Waals surface area (Å²) in [4.78, 5) is 28.2. The van der Waals surface area contributed by atoms with E-state index in [4.69, 9.17) is 4.74 Å². The van der Waals surface area contributed by atoms with Crippen LogP contribution in [0.25, 0.3) is 0 Å². The molecule has 0 radical (unpaired) electrons. The van der Waals surface area contributed by atoms with Gasteiger partial charge in [-0.2, -0.15) is 0 Å². The van der Waals surface area contributed by atoms with E-state index in [0.29, 0.717) is 11.8 Å². The Balaban J connectivity index is 2.10. The molecule has 0 aromatic heterocycles. The van der Waals surface area contributed by atoms with Gasteiger partial charge in [0.15, 0.2) is 0 Å². The van der Waals surface area contributed by atoms with Gasteiger partial charge in [-0.1, -0.05) is 6.92 Å². The lowest BCUT2D eigenvalue weighted by molar-refractivity contribution is -0.131. The van der Waals surface area contributed by atoms with Crippen LogP contribution in [-0.2, 0) is 9.53 Å². The Bertz CT molecular complexity index is 444. The monoisotopic (exact) mass is 324 g/mol. The van der Waals surface area contributed by atoms with E-state index in [1.807, 2.05) is 30.6 Å². The number of amides is 2. The summed E-state index contributed by atoms with van der Waals surface area (Å²) in [5.74, 6) is 1.02. The number of carbonyl (C=O) groups is 2. The second-order valence-corrected chi connectivity index (χ2v) is 8.25. The summed E-state index contributed by atoms with van der Waals surface area (Å²) in [5, 5.41) is 0. The molecule has 2 amide bonds. The minimum Gasteiger partial charge on any atom is -0.444 e. The molecule has 2 rings (SSSR count). The Morgan fingerprint density at radius 2 is 1.78 bits per heavy atom. The summed E-state index contributed by atoms with van der Waals surface area (Å²) >= 11 is 0. The highest BCUT2D eigenvalue weighted by atomic mass is 16.6. The van der Waals surface area contributed by atoms with Crippen molar-refractivity contribution in [1.82, 2.24) is 9.80 Å². The molecule has 0 saturated carbocycles. The van der Waals surface area contributed by atoms with Crippen LogP contribution in [-0.4, -0.2) is 53.1 Å². The Labute approximate surface area is 140 Å². The molecular formula is C18H32N2O3. The van der Waals surface area contributed by atoms with Crippen LogP contribution in [0.5, 0.6) is 0 Å². The number of hydrogen-bond donors (Lipinski definition) is 0. The Morgan fingerprint density at radius 3 is 2.39 bits per heavy atom. The smallest absolute Gasteiger partial charge is 0.410 e. The third-order valence-electron chi connectivity index (χ3n) is 4.94. The first-order valence-electron chi connectivity index (χ1n) is 8.92. The number of rotatable bonds is 1. The topological polar surface area (TPSA) is 49.9 Å². The third kappa shape index (κ3) is 4.85. The van der Waals surface area contributed by atoms with E-state index in [9.17, 15) is 9.59 Å². The van der Waals surface area contributed by atoms with Crippen LogP contribution in [0.2, 0.25) is 0 Å². The predicted molar refractivity (Wildman–Crippen MR) is 90.1 cm³/mol. The largest absolute Gasteiger partial charge is 0.444 e. The molecule has 132 valence electrons. The third-order valence-corrected chi connectivity index (χ3v) is 4.94. The first-order valence-corrected chi connectivity index (χ1v) is 8.92. The fraction of sp³-hybridized carbons (Fsp3) is 0.889. The highest BCUT2D eigenvalue weighted by Gasteiger charge is 2.39. The van der Waals surface area contributed by atoms with Gasteiger partial charge in [-0.25, -0.2) is 4.79 Å². The zero-order chi connectivity index (χ0) is 17.2. The molecule has 0 aromatic rings. The average molecular weight is 324 g/mol. The zero-order valence-electron chi connectivity index (χ0n) is 15.3. The van der Waals surface area contributed by atoms with Gasteiger partial charge in [-0.15, -0.1) is 0 Å². The van der Waals surface area contributed by atoms with Crippen molar-refractivity contribution < 1.29 is 14.3 Å². The molecule has 0 spiro atoms. The first-order chi connectivity index (χ1) is 10.7. The molecule has 23 heavy (non-hydrogen) atoms. The van der Waals surface area contributed by atoms with Gasteiger partial charge in [0.1, 0.15) is 5.60 Å². The molecule has 2 heterocycles. The van der Waals surface area contributed by atoms with E-state index in [-0.39, 0.29) is 18.0 Å². The molecule has 0 N–H and O–H groups in total. The summed E-state index contributed by atoms with van der Waals surface area (Å²) in [6.07, 6.45) is 4.06. The summed E-state index contributed by atoms with van der Waals surface area (Å²) in [6.45, 7) is 11.9. The maximum atomic E-state index is 12.7. The van der Waals surface area contributed by atoms with Gasteiger partial charge in [0.2, 0.25) is 5.91 Å². The van der Waals surface area contributed by atoms with E-state index >= 15 is 0 Å². The molecule has 2 saturated heterocycles. The lowest BCUT2D eigenvalue weighted by Crippen LogP contribution is -2.54. The minimum absolute atomic E-state index is 0.141. The van der Waals surface area contributed by atoms with Gasteiger partial charge >= 0.3 is 6.09 Å². The Hall–Kier alpha value is -1.26. The van der Waals surface area contributed by atoms with Crippen molar-refractivity contribution in [1.29, 1.82) is 0 Å². The first kappa shape index (κ1) is 18.1. The van der Waals surface area contributed by atoms with Crippen LogP contribution in [0.15, 0.2) is 0 Å². The molecular weight excluding hydrogens is 292 g/mol. The van der Waals surface area contributed by atoms with Gasteiger partial charge in [0.05, 0.1) is 0 Å². The SMILES string of the molecule is CC(=O)N1CCC[C@@H]([C@H]2CC[C@H](C)CN2C(=O)OC(C)(C)C)C1. The lowest BCUT2D eigenvalue weighted by Gasteiger charge is -2.45. The van der Waals surface area contributed by atoms with Crippen LogP contribution in [0.1, 0.15) is 60.3 Å². The van der Waals surface area contributed by atoms with E-state index in [0.717, 1.165) is 45.3 Å². The van der Waals surface area contributed by atoms with Crippen molar-refractivity contribution in [3.05, 3.63) is 0 Å². The van der Waals surface area contributed by atoms with Crippen LogP contribution in [0, 0.1) is 11.8 Å². The van der Waals surface area contributed by atoms with Gasteiger partial charge in [-0.05, 0) is 58.3 Å². The van der Waals surface area contributed by atoms with Gasteiger partial charge in [-0.3, -0.25) is 4.79 Å². The molecule has 0 bridgehead atoms. The molecule has 2 fully saturated rings. The summed E-state index contributed by atoms with van der Waals surface area (Å²) < 4.78 is 5.63. The quantitative estimate of drug-likeness (QED) is 0.744. The number of nitrogens with zero attached hydrogens (tertiary/aromatic N) is 2. The number of likely N-dealkylation sites (tertiary alicyclic amines) is 2. The number of carbonyl (C=O) groups excluding carboxylic acids is 2. The molecule has 0 unspecified atom stereocenters. The van der Waals surface area contributed by atoms with Crippen molar-refractivity contribution in [2.45, 2.75) is 71.9 Å². The van der Waals surface area contributed by atoms with E-state index < -0.39 is 5.60 Å². The van der Waals surface area contributed by atoms with Crippen molar-refractivity contribution in [3.8, 4) is 0 Å². The maximum absolute atomic E-state index is 12.7. The minimum atomic E-state index is -0.472. The van der Waals surface area contributed by atoms with Crippen LogP contribution >= 0.6 is 0 Å². The average Bonchev–Trinajstić information content (AvgIpc) is 2.45. The van der Waals surface area contributed by atoms with Crippen LogP contribution in [0.4, 0.5) is 4.79 Å². The predicted octanol–water partition coefficient (Wildman–Crippen LogP) is 3.28. The molecule has 5 nitrogen and oxygen atoms in total. The highest BCUT2D eigenvalue weighted by molar-refractivity contribution is 5.73. The van der Waals surface area contributed by atoms with E-state index in [1.165, 1.54) is 0 Å². The summed E-state index contributed by atoms with van der Waals surface area (Å²) in [6, 6.07) is 0.197. The molecule has 0 aliphatic carbocycles. The van der Waals surface area contributed by atoms with Crippen LogP contribution < -0.4 is 0 Å². The standard InChI is InChI=1S/C18H32N2O3/c1-13-8-9-16(15-7-6-10-19(12-15)14(2)21)20(11-13)17(22)23-18(3,4)5/h13,15-16H,6-12H2,1-5H3/t13-,15+,16+/m0/s1. The fourth-order valence-corrected chi connectivity index (χ4v) is 3.80. The Morgan fingerprint density at radius 1 is 1.09 bits per heavy atom. The molecule has 0 aromatic carbocycles. The number of piperidine rings is 2. The zero-order valence-corrected chi connectivity index (χ0v) is 15.3. The van der Waals surface area contributed by atoms with Crippen molar-refractivity contribution in [2.75, 3.05) is 19.6 Å². The number of hydrogen-bond acceptors (Lipinski definition) is 3. The summed E-state index contributed by atoms with van der Waals surface area (Å²) in [7, 11) is 0. The molecule has 2 aliphatic rings.